The number of benzene rings is 2. The number of amides is 1. The van der Waals surface area contributed by atoms with E-state index >= 15 is 0 Å². The molecule has 0 spiro atoms. The van der Waals surface area contributed by atoms with Gasteiger partial charge in [-0.1, -0.05) is 24.3 Å². The molecule has 0 aliphatic heterocycles. The molecule has 1 amide bonds. The first-order valence-electron chi connectivity index (χ1n) is 7.38. The maximum atomic E-state index is 11.8. The first-order chi connectivity index (χ1) is 11.2. The second-order valence-electron chi connectivity index (χ2n) is 4.89. The summed E-state index contributed by atoms with van der Waals surface area (Å²) in [6, 6.07) is 15.0. The minimum Gasteiger partial charge on any atom is -0.497 e. The predicted molar refractivity (Wildman–Crippen MR) is 88.2 cm³/mol. The quantitative estimate of drug-likeness (QED) is 0.813. The highest BCUT2D eigenvalue weighted by Gasteiger charge is 2.06. The van der Waals surface area contributed by atoms with Crippen molar-refractivity contribution in [3.05, 3.63) is 54.1 Å². The van der Waals surface area contributed by atoms with E-state index < -0.39 is 0 Å². The van der Waals surface area contributed by atoms with Gasteiger partial charge in [-0.2, -0.15) is 0 Å². The van der Waals surface area contributed by atoms with E-state index in [4.69, 9.17) is 14.2 Å². The van der Waals surface area contributed by atoms with E-state index in [1.165, 1.54) is 0 Å². The summed E-state index contributed by atoms with van der Waals surface area (Å²) in [5.74, 6) is 1.81. The van der Waals surface area contributed by atoms with E-state index in [0.29, 0.717) is 18.0 Å². The first kappa shape index (κ1) is 16.7. The van der Waals surface area contributed by atoms with Gasteiger partial charge in [0.25, 0.3) is 5.91 Å². The van der Waals surface area contributed by atoms with Crippen LogP contribution in [0.1, 0.15) is 5.56 Å². The fraction of sp³-hybridized carbons (Fsp3) is 0.278. The van der Waals surface area contributed by atoms with E-state index in [9.17, 15) is 4.79 Å². The van der Waals surface area contributed by atoms with Crippen LogP contribution in [0.15, 0.2) is 48.5 Å². The normalized spacial score (nSPS) is 10.0. The Kier molecular flexibility index (Phi) is 6.29. The van der Waals surface area contributed by atoms with Crippen molar-refractivity contribution in [3.63, 3.8) is 0 Å². The summed E-state index contributed by atoms with van der Waals surface area (Å²) in [7, 11) is 3.20. The molecule has 5 heteroatoms. The van der Waals surface area contributed by atoms with Gasteiger partial charge in [0.05, 0.1) is 14.2 Å². The molecule has 5 nitrogen and oxygen atoms in total. The van der Waals surface area contributed by atoms with Crippen molar-refractivity contribution in [3.8, 4) is 17.2 Å². The average Bonchev–Trinajstić information content (AvgIpc) is 2.60. The lowest BCUT2D eigenvalue weighted by molar-refractivity contribution is -0.123. The van der Waals surface area contributed by atoms with Crippen LogP contribution in [0.25, 0.3) is 0 Å². The van der Waals surface area contributed by atoms with Crippen LogP contribution in [0.4, 0.5) is 0 Å². The van der Waals surface area contributed by atoms with Crippen LogP contribution in [-0.4, -0.2) is 33.3 Å². The smallest absolute Gasteiger partial charge is 0.257 e. The van der Waals surface area contributed by atoms with E-state index in [-0.39, 0.29) is 12.5 Å². The molecule has 0 heterocycles. The highest BCUT2D eigenvalue weighted by atomic mass is 16.5. The summed E-state index contributed by atoms with van der Waals surface area (Å²) in [5.41, 5.74) is 1.11. The molecule has 23 heavy (non-hydrogen) atoms. The minimum absolute atomic E-state index is 0.0432. The molecule has 0 bridgehead atoms. The van der Waals surface area contributed by atoms with Crippen molar-refractivity contribution in [1.82, 2.24) is 5.32 Å². The topological polar surface area (TPSA) is 56.8 Å². The molecule has 122 valence electrons. The molecule has 0 radical (unpaired) electrons. The highest BCUT2D eigenvalue weighted by molar-refractivity contribution is 5.77. The van der Waals surface area contributed by atoms with Crippen LogP contribution in [0.3, 0.4) is 0 Å². The number of para-hydroxylation sites is 2. The number of hydrogen-bond acceptors (Lipinski definition) is 4. The molecule has 0 atom stereocenters. The third kappa shape index (κ3) is 5.21. The second kappa shape index (κ2) is 8.68. The molecule has 0 unspecified atom stereocenters. The van der Waals surface area contributed by atoms with Gasteiger partial charge in [0, 0.05) is 6.54 Å². The van der Waals surface area contributed by atoms with Crippen LogP contribution in [0.5, 0.6) is 17.2 Å². The first-order valence-corrected chi connectivity index (χ1v) is 7.38. The lowest BCUT2D eigenvalue weighted by atomic mass is 10.1. The average molecular weight is 315 g/mol. The zero-order valence-corrected chi connectivity index (χ0v) is 13.4. The fourth-order valence-corrected chi connectivity index (χ4v) is 2.11. The molecule has 0 aliphatic rings. The molecule has 0 saturated carbocycles. The van der Waals surface area contributed by atoms with Crippen molar-refractivity contribution in [1.29, 1.82) is 0 Å². The lowest BCUT2D eigenvalue weighted by Crippen LogP contribution is -2.30. The SMILES string of the molecule is COc1cccc(CCNC(=O)COc2ccccc2OC)c1. The number of methoxy groups -OCH3 is 2. The third-order valence-corrected chi connectivity index (χ3v) is 3.30. The largest absolute Gasteiger partial charge is 0.497 e. The van der Waals surface area contributed by atoms with E-state index in [0.717, 1.165) is 17.7 Å². The van der Waals surface area contributed by atoms with Crippen LogP contribution in [-0.2, 0) is 11.2 Å². The molecule has 1 N–H and O–H groups in total. The van der Waals surface area contributed by atoms with Crippen LogP contribution in [0, 0.1) is 0 Å². The highest BCUT2D eigenvalue weighted by Crippen LogP contribution is 2.25. The minimum atomic E-state index is -0.168. The Balaban J connectivity index is 1.74. The predicted octanol–water partition coefficient (Wildman–Crippen LogP) is 2.44. The van der Waals surface area contributed by atoms with Gasteiger partial charge in [0.1, 0.15) is 5.75 Å². The molecule has 2 aromatic rings. The molecule has 0 aliphatic carbocycles. The number of carbonyl (C=O) groups is 1. The third-order valence-electron chi connectivity index (χ3n) is 3.30. The Morgan fingerprint density at radius 2 is 1.78 bits per heavy atom. The summed E-state index contributed by atoms with van der Waals surface area (Å²) < 4.78 is 15.8. The Morgan fingerprint density at radius 3 is 2.52 bits per heavy atom. The van der Waals surface area contributed by atoms with E-state index in [1.807, 2.05) is 36.4 Å². The van der Waals surface area contributed by atoms with Crippen LogP contribution in [0.2, 0.25) is 0 Å². The molecule has 2 rings (SSSR count). The van der Waals surface area contributed by atoms with Crippen molar-refractivity contribution in [2.45, 2.75) is 6.42 Å². The Morgan fingerprint density at radius 1 is 1.00 bits per heavy atom. The summed E-state index contributed by atoms with van der Waals surface area (Å²) in [4.78, 5) is 11.8. The molecule has 0 saturated heterocycles. The summed E-state index contributed by atoms with van der Waals surface area (Å²) in [6.07, 6.45) is 0.734. The molecular weight excluding hydrogens is 294 g/mol. The van der Waals surface area contributed by atoms with Crippen molar-refractivity contribution >= 4 is 5.91 Å². The van der Waals surface area contributed by atoms with Gasteiger partial charge in [-0.3, -0.25) is 4.79 Å². The lowest BCUT2D eigenvalue weighted by Gasteiger charge is -2.10. The second-order valence-corrected chi connectivity index (χ2v) is 4.89. The molecule has 2 aromatic carbocycles. The van der Waals surface area contributed by atoms with Gasteiger partial charge in [-0.15, -0.1) is 0 Å². The summed E-state index contributed by atoms with van der Waals surface area (Å²) >= 11 is 0. The van der Waals surface area contributed by atoms with Crippen molar-refractivity contribution < 1.29 is 19.0 Å². The maximum Gasteiger partial charge on any atom is 0.257 e. The zero-order chi connectivity index (χ0) is 16.5. The maximum absolute atomic E-state index is 11.8. The van der Waals surface area contributed by atoms with Gasteiger partial charge < -0.3 is 19.5 Å². The van der Waals surface area contributed by atoms with Crippen molar-refractivity contribution in [2.24, 2.45) is 0 Å². The standard InChI is InChI=1S/C18H21NO4/c1-21-15-7-5-6-14(12-15)10-11-19-18(20)13-23-17-9-4-3-8-16(17)22-2/h3-9,12H,10-11,13H2,1-2H3,(H,19,20). The number of carbonyl (C=O) groups excluding carboxylic acids is 1. The van der Waals surface area contributed by atoms with Gasteiger partial charge >= 0.3 is 0 Å². The Hall–Kier alpha value is -2.69. The van der Waals surface area contributed by atoms with Gasteiger partial charge in [-0.25, -0.2) is 0 Å². The van der Waals surface area contributed by atoms with Gasteiger partial charge in [0.2, 0.25) is 0 Å². The van der Waals surface area contributed by atoms with E-state index in [2.05, 4.69) is 5.32 Å². The van der Waals surface area contributed by atoms with Gasteiger partial charge in [0.15, 0.2) is 18.1 Å². The Labute approximate surface area is 136 Å². The van der Waals surface area contributed by atoms with Crippen molar-refractivity contribution in [2.75, 3.05) is 27.4 Å². The number of rotatable bonds is 8. The summed E-state index contributed by atoms with van der Waals surface area (Å²) in [6.45, 7) is 0.500. The molecular formula is C18H21NO4. The van der Waals surface area contributed by atoms with E-state index in [1.54, 1.807) is 26.4 Å². The van der Waals surface area contributed by atoms with Crippen LogP contribution < -0.4 is 19.5 Å². The summed E-state index contributed by atoms with van der Waals surface area (Å²) in [5, 5.41) is 2.83. The van der Waals surface area contributed by atoms with Crippen LogP contribution >= 0.6 is 0 Å². The zero-order valence-electron chi connectivity index (χ0n) is 13.4. The molecule has 0 fully saturated rings. The fourth-order valence-electron chi connectivity index (χ4n) is 2.11. The number of nitrogens with one attached hydrogen (secondary N) is 1. The number of ether oxygens (including phenoxy) is 3. The van der Waals surface area contributed by atoms with Gasteiger partial charge in [-0.05, 0) is 36.2 Å². The molecule has 0 aromatic heterocycles. The monoisotopic (exact) mass is 315 g/mol. The Bertz CT molecular complexity index is 642. The number of hydrogen-bond donors (Lipinski definition) is 1.